The van der Waals surface area contributed by atoms with E-state index in [1.165, 1.54) is 6.33 Å². The van der Waals surface area contributed by atoms with Crippen LogP contribution in [0.5, 0.6) is 5.88 Å². The van der Waals surface area contributed by atoms with Gasteiger partial charge in [-0.25, -0.2) is 9.97 Å². The molecule has 0 saturated carbocycles. The van der Waals surface area contributed by atoms with Crippen LogP contribution in [-0.4, -0.2) is 37.0 Å². The van der Waals surface area contributed by atoms with Crippen LogP contribution < -0.4 is 4.74 Å². The van der Waals surface area contributed by atoms with E-state index in [0.29, 0.717) is 30.6 Å². The number of hydrogen-bond acceptors (Lipinski definition) is 7. The lowest BCUT2D eigenvalue weighted by Crippen LogP contribution is -2.01. The van der Waals surface area contributed by atoms with E-state index < -0.39 is 0 Å². The summed E-state index contributed by atoms with van der Waals surface area (Å²) >= 11 is 0. The highest BCUT2D eigenvalue weighted by Gasteiger charge is 2.09. The maximum absolute atomic E-state index is 5.19. The SMILES string of the molecule is COc1ccc(-c2noc(CCn3cncn3)n2)cn1. The third kappa shape index (κ3) is 2.63. The zero-order valence-corrected chi connectivity index (χ0v) is 10.8. The summed E-state index contributed by atoms with van der Waals surface area (Å²) < 4.78 is 11.9. The average Bonchev–Trinajstić information content (AvgIpc) is 3.17. The summed E-state index contributed by atoms with van der Waals surface area (Å²) in [6, 6.07) is 3.58. The van der Waals surface area contributed by atoms with Crippen molar-refractivity contribution in [2.75, 3.05) is 7.11 Å². The molecule has 0 aliphatic carbocycles. The summed E-state index contributed by atoms with van der Waals surface area (Å²) in [6.45, 7) is 0.641. The fraction of sp³-hybridized carbons (Fsp3) is 0.250. The third-order valence-electron chi connectivity index (χ3n) is 2.69. The fourth-order valence-electron chi connectivity index (χ4n) is 1.67. The van der Waals surface area contributed by atoms with Gasteiger partial charge < -0.3 is 9.26 Å². The maximum atomic E-state index is 5.19. The molecule has 3 aromatic heterocycles. The number of rotatable bonds is 5. The Hall–Kier alpha value is -2.77. The molecule has 0 aromatic carbocycles. The van der Waals surface area contributed by atoms with Crippen LogP contribution in [0.15, 0.2) is 35.5 Å². The van der Waals surface area contributed by atoms with Crippen LogP contribution in [0.1, 0.15) is 5.89 Å². The fourth-order valence-corrected chi connectivity index (χ4v) is 1.67. The van der Waals surface area contributed by atoms with Gasteiger partial charge in [-0.2, -0.15) is 10.1 Å². The molecule has 8 nitrogen and oxygen atoms in total. The quantitative estimate of drug-likeness (QED) is 0.683. The first-order chi connectivity index (χ1) is 9.85. The second kappa shape index (κ2) is 5.47. The Morgan fingerprint density at radius 1 is 1.35 bits per heavy atom. The molecule has 0 radical (unpaired) electrons. The molecule has 20 heavy (non-hydrogen) atoms. The monoisotopic (exact) mass is 272 g/mol. The molecule has 102 valence electrons. The van der Waals surface area contributed by atoms with Crippen LogP contribution in [0.25, 0.3) is 11.4 Å². The van der Waals surface area contributed by atoms with Gasteiger partial charge >= 0.3 is 0 Å². The number of methoxy groups -OCH3 is 1. The predicted molar refractivity (Wildman–Crippen MR) is 67.8 cm³/mol. The van der Waals surface area contributed by atoms with Crippen LogP contribution in [0.4, 0.5) is 0 Å². The number of aryl methyl sites for hydroxylation is 2. The van der Waals surface area contributed by atoms with Crippen LogP contribution >= 0.6 is 0 Å². The van der Waals surface area contributed by atoms with Crippen LogP contribution in [-0.2, 0) is 13.0 Å². The van der Waals surface area contributed by atoms with Gasteiger partial charge in [0.25, 0.3) is 0 Å². The topological polar surface area (TPSA) is 91.8 Å². The molecule has 3 aromatic rings. The van der Waals surface area contributed by atoms with Gasteiger partial charge in [0, 0.05) is 24.2 Å². The maximum Gasteiger partial charge on any atom is 0.228 e. The second-order valence-electron chi connectivity index (χ2n) is 4.01. The van der Waals surface area contributed by atoms with Gasteiger partial charge in [-0.3, -0.25) is 4.68 Å². The van der Waals surface area contributed by atoms with Gasteiger partial charge in [0.05, 0.1) is 13.7 Å². The lowest BCUT2D eigenvalue weighted by molar-refractivity contribution is 0.369. The minimum absolute atomic E-state index is 0.508. The Morgan fingerprint density at radius 2 is 2.30 bits per heavy atom. The number of ether oxygens (including phenoxy) is 1. The smallest absolute Gasteiger partial charge is 0.228 e. The molecule has 0 N–H and O–H groups in total. The number of pyridine rings is 1. The van der Waals surface area contributed by atoms with Crippen molar-refractivity contribution in [2.45, 2.75) is 13.0 Å². The molecule has 3 rings (SSSR count). The highest BCUT2D eigenvalue weighted by Crippen LogP contribution is 2.17. The number of hydrogen-bond donors (Lipinski definition) is 0. The Labute approximate surface area is 114 Å². The molecule has 0 unspecified atom stereocenters. The first-order valence-corrected chi connectivity index (χ1v) is 6.00. The lowest BCUT2D eigenvalue weighted by Gasteiger charge is -1.97. The number of aromatic nitrogens is 6. The van der Waals surface area contributed by atoms with Gasteiger partial charge in [0.15, 0.2) is 0 Å². The molecular formula is C12H12N6O2. The first kappa shape index (κ1) is 12.3. The predicted octanol–water partition coefficient (Wildman–Crippen LogP) is 0.974. The minimum atomic E-state index is 0.508. The van der Waals surface area contributed by atoms with Gasteiger partial charge in [0.1, 0.15) is 12.7 Å². The van der Waals surface area contributed by atoms with E-state index in [2.05, 4.69) is 25.2 Å². The van der Waals surface area contributed by atoms with E-state index in [1.54, 1.807) is 30.4 Å². The molecular weight excluding hydrogens is 260 g/mol. The zero-order valence-electron chi connectivity index (χ0n) is 10.8. The number of nitrogens with zero attached hydrogens (tertiary/aromatic N) is 6. The Balaban J connectivity index is 1.69. The summed E-state index contributed by atoms with van der Waals surface area (Å²) in [5.74, 6) is 1.60. The van der Waals surface area contributed by atoms with Crippen LogP contribution in [0, 0.1) is 0 Å². The summed E-state index contributed by atoms with van der Waals surface area (Å²) in [5, 5.41) is 7.94. The standard InChI is InChI=1S/C12H12N6O2/c1-19-10-3-2-9(6-14-10)12-16-11(20-17-12)4-5-18-8-13-7-15-18/h2-3,6-8H,4-5H2,1H3. The van der Waals surface area contributed by atoms with E-state index in [9.17, 15) is 0 Å². The molecule has 0 aliphatic heterocycles. The van der Waals surface area contributed by atoms with Gasteiger partial charge in [-0.15, -0.1) is 0 Å². The van der Waals surface area contributed by atoms with Crippen molar-refractivity contribution >= 4 is 0 Å². The van der Waals surface area contributed by atoms with Crippen molar-refractivity contribution in [3.63, 3.8) is 0 Å². The molecule has 0 fully saturated rings. The molecule has 3 heterocycles. The van der Waals surface area contributed by atoms with Crippen molar-refractivity contribution in [1.29, 1.82) is 0 Å². The van der Waals surface area contributed by atoms with E-state index >= 15 is 0 Å². The largest absolute Gasteiger partial charge is 0.481 e. The van der Waals surface area contributed by atoms with Crippen LogP contribution in [0.3, 0.4) is 0 Å². The summed E-state index contributed by atoms with van der Waals surface area (Å²) in [5.41, 5.74) is 0.779. The zero-order chi connectivity index (χ0) is 13.8. The lowest BCUT2D eigenvalue weighted by atomic mass is 10.3. The van der Waals surface area contributed by atoms with Crippen molar-refractivity contribution < 1.29 is 9.26 Å². The van der Waals surface area contributed by atoms with E-state index in [-0.39, 0.29) is 0 Å². The molecule has 0 aliphatic rings. The van der Waals surface area contributed by atoms with Gasteiger partial charge in [0.2, 0.25) is 17.6 Å². The molecule has 0 saturated heterocycles. The molecule has 0 amide bonds. The van der Waals surface area contributed by atoms with Crippen molar-refractivity contribution in [1.82, 2.24) is 29.9 Å². The van der Waals surface area contributed by atoms with Gasteiger partial charge in [-0.1, -0.05) is 5.16 Å². The Morgan fingerprint density at radius 3 is 3.00 bits per heavy atom. The third-order valence-corrected chi connectivity index (χ3v) is 2.69. The normalized spacial score (nSPS) is 10.7. The Kier molecular flexibility index (Phi) is 3.36. The van der Waals surface area contributed by atoms with Gasteiger partial charge in [-0.05, 0) is 6.07 Å². The van der Waals surface area contributed by atoms with Crippen molar-refractivity contribution in [2.24, 2.45) is 0 Å². The van der Waals surface area contributed by atoms with E-state index in [4.69, 9.17) is 9.26 Å². The van der Waals surface area contributed by atoms with E-state index in [1.807, 2.05) is 6.07 Å². The average molecular weight is 272 g/mol. The highest BCUT2D eigenvalue weighted by molar-refractivity contribution is 5.52. The summed E-state index contributed by atoms with van der Waals surface area (Å²) in [7, 11) is 1.57. The summed E-state index contributed by atoms with van der Waals surface area (Å²) in [4.78, 5) is 12.3. The molecule has 0 spiro atoms. The summed E-state index contributed by atoms with van der Waals surface area (Å²) in [6.07, 6.45) is 5.37. The Bertz CT molecular complexity index is 662. The van der Waals surface area contributed by atoms with Crippen molar-refractivity contribution in [3.8, 4) is 17.3 Å². The van der Waals surface area contributed by atoms with Crippen LogP contribution in [0.2, 0.25) is 0 Å². The molecule has 0 bridgehead atoms. The molecule has 0 atom stereocenters. The first-order valence-electron chi connectivity index (χ1n) is 6.00. The van der Waals surface area contributed by atoms with Crippen molar-refractivity contribution in [3.05, 3.63) is 36.9 Å². The molecule has 8 heteroatoms. The highest BCUT2D eigenvalue weighted by atomic mass is 16.5. The minimum Gasteiger partial charge on any atom is -0.481 e. The van der Waals surface area contributed by atoms with E-state index in [0.717, 1.165) is 5.56 Å². The second-order valence-corrected chi connectivity index (χ2v) is 4.01.